The number of hydrogen-bond acceptors (Lipinski definition) is 8. The summed E-state index contributed by atoms with van der Waals surface area (Å²) in [6.07, 6.45) is 5.19. The number of nitrogens with one attached hydrogen (secondary N) is 2. The highest BCUT2D eigenvalue weighted by molar-refractivity contribution is 5.37. The zero-order valence-electron chi connectivity index (χ0n) is 13.0. The standard InChI is InChI=1S/C15H21N7O/c1-2-13(10-16-3-1)11-18-15-20-14(12-19-21-15)17-4-5-22-6-8-23-9-7-22/h1-3,10,12H,4-9,11H2,(H2,17,18,20,21). The highest BCUT2D eigenvalue weighted by Crippen LogP contribution is 2.06. The lowest BCUT2D eigenvalue weighted by Gasteiger charge is -2.26. The van der Waals surface area contributed by atoms with Crippen molar-refractivity contribution in [2.75, 3.05) is 50.0 Å². The first-order valence-corrected chi connectivity index (χ1v) is 7.76. The lowest BCUT2D eigenvalue weighted by molar-refractivity contribution is 0.0398. The predicted molar refractivity (Wildman–Crippen MR) is 87.1 cm³/mol. The Labute approximate surface area is 135 Å². The van der Waals surface area contributed by atoms with Crippen molar-refractivity contribution in [2.45, 2.75) is 6.54 Å². The molecule has 122 valence electrons. The second-order valence-electron chi connectivity index (χ2n) is 5.26. The Hall–Kier alpha value is -2.32. The maximum absolute atomic E-state index is 5.34. The summed E-state index contributed by atoms with van der Waals surface area (Å²) in [5.41, 5.74) is 1.07. The number of nitrogens with zero attached hydrogens (tertiary/aromatic N) is 5. The molecule has 0 saturated carbocycles. The molecule has 8 nitrogen and oxygen atoms in total. The van der Waals surface area contributed by atoms with Crippen LogP contribution in [0, 0.1) is 0 Å². The minimum atomic E-state index is 0.505. The topological polar surface area (TPSA) is 88.1 Å². The van der Waals surface area contributed by atoms with Gasteiger partial charge < -0.3 is 15.4 Å². The summed E-state index contributed by atoms with van der Waals surface area (Å²) in [5, 5.41) is 14.4. The van der Waals surface area contributed by atoms with Crippen LogP contribution < -0.4 is 10.6 Å². The zero-order valence-corrected chi connectivity index (χ0v) is 13.0. The van der Waals surface area contributed by atoms with Gasteiger partial charge in [0.1, 0.15) is 0 Å². The number of anilines is 2. The minimum Gasteiger partial charge on any atom is -0.379 e. The first-order chi connectivity index (χ1) is 11.4. The average Bonchev–Trinajstić information content (AvgIpc) is 2.62. The molecule has 2 N–H and O–H groups in total. The molecule has 2 aromatic rings. The van der Waals surface area contributed by atoms with Crippen molar-refractivity contribution in [1.29, 1.82) is 0 Å². The van der Waals surface area contributed by atoms with E-state index < -0.39 is 0 Å². The van der Waals surface area contributed by atoms with Gasteiger partial charge in [0, 0.05) is 45.1 Å². The summed E-state index contributed by atoms with van der Waals surface area (Å²) >= 11 is 0. The molecule has 1 saturated heterocycles. The van der Waals surface area contributed by atoms with Crippen LogP contribution in [0.4, 0.5) is 11.8 Å². The summed E-state index contributed by atoms with van der Waals surface area (Å²) in [6.45, 7) is 6.01. The van der Waals surface area contributed by atoms with Gasteiger partial charge in [-0.1, -0.05) is 6.07 Å². The fraction of sp³-hybridized carbons (Fsp3) is 0.467. The molecule has 3 heterocycles. The molecule has 3 rings (SSSR count). The Bertz CT molecular complexity index is 589. The molecule has 0 aliphatic carbocycles. The Balaban J connectivity index is 1.45. The lowest BCUT2D eigenvalue weighted by Crippen LogP contribution is -2.39. The van der Waals surface area contributed by atoms with E-state index in [-0.39, 0.29) is 0 Å². The summed E-state index contributed by atoms with van der Waals surface area (Å²) in [7, 11) is 0. The summed E-state index contributed by atoms with van der Waals surface area (Å²) in [6, 6.07) is 3.90. The van der Waals surface area contributed by atoms with Gasteiger partial charge in [0.15, 0.2) is 5.82 Å². The predicted octanol–water partition coefficient (Wildman–Crippen LogP) is 0.623. The molecule has 1 fully saturated rings. The number of hydrogen-bond donors (Lipinski definition) is 2. The third kappa shape index (κ3) is 5.11. The Morgan fingerprint density at radius 3 is 2.91 bits per heavy atom. The molecule has 0 radical (unpaired) electrons. The molecular weight excluding hydrogens is 294 g/mol. The third-order valence-corrected chi connectivity index (χ3v) is 3.57. The number of rotatable bonds is 7. The third-order valence-electron chi connectivity index (χ3n) is 3.57. The van der Waals surface area contributed by atoms with Crippen molar-refractivity contribution in [2.24, 2.45) is 0 Å². The molecule has 1 aliphatic rings. The van der Waals surface area contributed by atoms with Gasteiger partial charge in [-0.25, -0.2) is 0 Å². The van der Waals surface area contributed by atoms with Crippen molar-refractivity contribution in [3.8, 4) is 0 Å². The van der Waals surface area contributed by atoms with Crippen LogP contribution in [0.1, 0.15) is 5.56 Å². The van der Waals surface area contributed by atoms with Crippen LogP contribution in [-0.4, -0.2) is 64.5 Å². The number of aromatic nitrogens is 4. The molecule has 23 heavy (non-hydrogen) atoms. The van der Waals surface area contributed by atoms with Gasteiger partial charge in [0.05, 0.1) is 19.4 Å². The SMILES string of the molecule is c1cncc(CNc2nncc(NCCN3CCOCC3)n2)c1. The molecule has 0 unspecified atom stereocenters. The molecule has 8 heteroatoms. The number of pyridine rings is 1. The molecule has 0 spiro atoms. The van der Waals surface area contributed by atoms with Crippen LogP contribution in [0.3, 0.4) is 0 Å². The summed E-state index contributed by atoms with van der Waals surface area (Å²) in [5.74, 6) is 1.23. The fourth-order valence-corrected chi connectivity index (χ4v) is 2.31. The van der Waals surface area contributed by atoms with Gasteiger partial charge in [-0.2, -0.15) is 10.1 Å². The van der Waals surface area contributed by atoms with Crippen LogP contribution in [0.15, 0.2) is 30.7 Å². The number of morpholine rings is 1. The largest absolute Gasteiger partial charge is 0.379 e. The first kappa shape index (κ1) is 15.6. The molecule has 0 bridgehead atoms. The van der Waals surface area contributed by atoms with Crippen LogP contribution in [0.2, 0.25) is 0 Å². The Kier molecular flexibility index (Phi) is 5.65. The summed E-state index contributed by atoms with van der Waals surface area (Å²) < 4.78 is 5.34. The van der Waals surface area contributed by atoms with E-state index in [1.807, 2.05) is 18.3 Å². The van der Waals surface area contributed by atoms with Gasteiger partial charge in [0.2, 0.25) is 5.95 Å². The van der Waals surface area contributed by atoms with E-state index in [1.165, 1.54) is 0 Å². The quantitative estimate of drug-likeness (QED) is 0.769. The van der Waals surface area contributed by atoms with E-state index in [4.69, 9.17) is 4.74 Å². The normalized spacial score (nSPS) is 15.3. The fourth-order valence-electron chi connectivity index (χ4n) is 2.31. The van der Waals surface area contributed by atoms with E-state index in [0.29, 0.717) is 12.5 Å². The van der Waals surface area contributed by atoms with E-state index in [9.17, 15) is 0 Å². The maximum Gasteiger partial charge on any atom is 0.244 e. The van der Waals surface area contributed by atoms with Crippen LogP contribution in [0.5, 0.6) is 0 Å². The smallest absolute Gasteiger partial charge is 0.244 e. The maximum atomic E-state index is 5.34. The monoisotopic (exact) mass is 315 g/mol. The lowest BCUT2D eigenvalue weighted by atomic mass is 10.3. The molecule has 0 atom stereocenters. The summed E-state index contributed by atoms with van der Waals surface area (Å²) in [4.78, 5) is 10.9. The van der Waals surface area contributed by atoms with Gasteiger partial charge in [0.25, 0.3) is 0 Å². The van der Waals surface area contributed by atoms with Crippen molar-refractivity contribution in [3.63, 3.8) is 0 Å². The van der Waals surface area contributed by atoms with Crippen molar-refractivity contribution < 1.29 is 4.74 Å². The minimum absolute atomic E-state index is 0.505. The van der Waals surface area contributed by atoms with Crippen LogP contribution >= 0.6 is 0 Å². The highest BCUT2D eigenvalue weighted by atomic mass is 16.5. The first-order valence-electron chi connectivity index (χ1n) is 7.76. The average molecular weight is 315 g/mol. The van der Waals surface area contributed by atoms with E-state index in [0.717, 1.165) is 50.8 Å². The Morgan fingerprint density at radius 1 is 1.17 bits per heavy atom. The molecular formula is C15H21N7O. The van der Waals surface area contributed by atoms with Gasteiger partial charge in [-0.15, -0.1) is 5.10 Å². The van der Waals surface area contributed by atoms with Crippen LogP contribution in [0.25, 0.3) is 0 Å². The molecule has 2 aromatic heterocycles. The van der Waals surface area contributed by atoms with Gasteiger partial charge in [-0.3, -0.25) is 9.88 Å². The van der Waals surface area contributed by atoms with Crippen molar-refractivity contribution in [3.05, 3.63) is 36.3 Å². The molecule has 0 aromatic carbocycles. The second-order valence-corrected chi connectivity index (χ2v) is 5.26. The highest BCUT2D eigenvalue weighted by Gasteiger charge is 2.09. The Morgan fingerprint density at radius 2 is 2.09 bits per heavy atom. The molecule has 0 amide bonds. The molecule has 1 aliphatic heterocycles. The van der Waals surface area contributed by atoms with Crippen LogP contribution in [-0.2, 0) is 11.3 Å². The van der Waals surface area contributed by atoms with Gasteiger partial charge in [-0.05, 0) is 11.6 Å². The van der Waals surface area contributed by atoms with E-state index in [1.54, 1.807) is 12.4 Å². The van der Waals surface area contributed by atoms with Crippen molar-refractivity contribution >= 4 is 11.8 Å². The van der Waals surface area contributed by atoms with Crippen molar-refractivity contribution in [1.82, 2.24) is 25.1 Å². The number of ether oxygens (including phenoxy) is 1. The zero-order chi connectivity index (χ0) is 15.7. The van der Waals surface area contributed by atoms with Gasteiger partial charge >= 0.3 is 0 Å². The second kappa shape index (κ2) is 8.35. The van der Waals surface area contributed by atoms with E-state index in [2.05, 4.69) is 35.7 Å². The van der Waals surface area contributed by atoms with E-state index >= 15 is 0 Å².